The molecule has 0 aliphatic heterocycles. The van der Waals surface area contributed by atoms with Crippen molar-refractivity contribution < 1.29 is 14.4 Å². The fourth-order valence-electron chi connectivity index (χ4n) is 2.06. The van der Waals surface area contributed by atoms with Crippen molar-refractivity contribution in [3.8, 4) is 5.75 Å². The van der Waals surface area contributed by atoms with Crippen molar-refractivity contribution in [1.29, 1.82) is 0 Å². The molecule has 1 aliphatic rings. The van der Waals surface area contributed by atoms with Crippen LogP contribution in [0.15, 0.2) is 16.6 Å². The van der Waals surface area contributed by atoms with Crippen LogP contribution in [-0.2, 0) is 4.74 Å². The number of alkyl halides is 1. The molecule has 116 valence electrons. The molecule has 1 aliphatic carbocycles. The zero-order valence-corrected chi connectivity index (χ0v) is 15.2. The molecule has 8 heteroatoms. The summed E-state index contributed by atoms with van der Waals surface area (Å²) in [7, 11) is 0. The van der Waals surface area contributed by atoms with Gasteiger partial charge in [0, 0.05) is 28.9 Å². The lowest BCUT2D eigenvalue weighted by atomic mass is 9.91. The van der Waals surface area contributed by atoms with Gasteiger partial charge in [-0.1, -0.05) is 34.5 Å². The quantitative estimate of drug-likeness (QED) is 0.363. The normalized spacial score (nSPS) is 24.5. The monoisotopic (exact) mass is 441 g/mol. The number of ether oxygens (including phenoxy) is 2. The van der Waals surface area contributed by atoms with Gasteiger partial charge in [-0.3, -0.25) is 10.1 Å². The summed E-state index contributed by atoms with van der Waals surface area (Å²) >= 11 is 12.6. The summed E-state index contributed by atoms with van der Waals surface area (Å²) in [6, 6.07) is 2.86. The van der Waals surface area contributed by atoms with Crippen LogP contribution in [0, 0.1) is 10.1 Å². The molecule has 1 aromatic carbocycles. The van der Waals surface area contributed by atoms with E-state index in [1.165, 1.54) is 6.07 Å². The van der Waals surface area contributed by atoms with Gasteiger partial charge < -0.3 is 9.47 Å². The second-order valence-electron chi connectivity index (χ2n) is 4.74. The second-order valence-corrected chi connectivity index (χ2v) is 7.20. The fraction of sp³-hybridized carbons (Fsp3) is 0.538. The van der Waals surface area contributed by atoms with Gasteiger partial charge in [-0.25, -0.2) is 0 Å². The molecule has 3 atom stereocenters. The van der Waals surface area contributed by atoms with Crippen LogP contribution in [-0.4, -0.2) is 28.6 Å². The van der Waals surface area contributed by atoms with Gasteiger partial charge in [0.05, 0.1) is 9.40 Å². The lowest BCUT2D eigenvalue weighted by molar-refractivity contribution is -0.386. The van der Waals surface area contributed by atoms with E-state index in [0.717, 1.165) is 12.8 Å². The van der Waals surface area contributed by atoms with Crippen molar-refractivity contribution in [2.24, 2.45) is 0 Å². The van der Waals surface area contributed by atoms with Gasteiger partial charge in [0.1, 0.15) is 12.2 Å². The van der Waals surface area contributed by atoms with Crippen LogP contribution in [0.3, 0.4) is 0 Å². The van der Waals surface area contributed by atoms with Crippen LogP contribution < -0.4 is 4.74 Å². The molecular formula is C13H14Br2ClNO4. The highest BCUT2D eigenvalue weighted by Gasteiger charge is 2.43. The zero-order chi connectivity index (χ0) is 15.6. The van der Waals surface area contributed by atoms with Gasteiger partial charge in [0.15, 0.2) is 0 Å². The average Bonchev–Trinajstić information content (AvgIpc) is 2.40. The fourth-order valence-corrected chi connectivity index (χ4v) is 3.81. The van der Waals surface area contributed by atoms with E-state index < -0.39 is 4.92 Å². The third-order valence-electron chi connectivity index (χ3n) is 3.15. The minimum absolute atomic E-state index is 0.105. The smallest absolute Gasteiger partial charge is 0.313 e. The molecule has 21 heavy (non-hydrogen) atoms. The van der Waals surface area contributed by atoms with Crippen molar-refractivity contribution in [1.82, 2.24) is 0 Å². The maximum absolute atomic E-state index is 11.1. The zero-order valence-electron chi connectivity index (χ0n) is 11.2. The summed E-state index contributed by atoms with van der Waals surface area (Å²) in [4.78, 5) is 10.8. The van der Waals surface area contributed by atoms with Crippen LogP contribution in [0.25, 0.3) is 0 Å². The minimum atomic E-state index is -0.502. The Morgan fingerprint density at radius 2 is 2.24 bits per heavy atom. The second kappa shape index (κ2) is 7.26. The maximum Gasteiger partial charge on any atom is 0.313 e. The van der Waals surface area contributed by atoms with E-state index >= 15 is 0 Å². The van der Waals surface area contributed by atoms with Crippen molar-refractivity contribution in [2.45, 2.75) is 36.8 Å². The van der Waals surface area contributed by atoms with E-state index in [4.69, 9.17) is 21.1 Å². The number of nitro benzene ring substituents is 1. The Morgan fingerprint density at radius 1 is 1.52 bits per heavy atom. The molecule has 1 fully saturated rings. The molecule has 1 aromatic rings. The summed E-state index contributed by atoms with van der Waals surface area (Å²) in [6.45, 7) is 2.66. The predicted octanol–water partition coefficient (Wildman–Crippen LogP) is 4.72. The van der Waals surface area contributed by atoms with Gasteiger partial charge in [0.25, 0.3) is 0 Å². The lowest BCUT2D eigenvalue weighted by Gasteiger charge is -2.40. The molecule has 0 spiro atoms. The number of benzene rings is 1. The minimum Gasteiger partial charge on any atom is -0.480 e. The summed E-state index contributed by atoms with van der Waals surface area (Å²) < 4.78 is 12.0. The Bertz CT molecular complexity index is 543. The Kier molecular flexibility index (Phi) is 5.88. The standard InChI is InChI=1S/C13H14Br2ClNO4/c1-2-3-20-13-9(15)6-11(13)21-12-8(14)4-7(16)5-10(12)17(18)19/h4-5,9,11,13H,2-3,6H2,1H3. The molecule has 0 amide bonds. The maximum atomic E-state index is 11.1. The first-order chi connectivity index (χ1) is 9.93. The first kappa shape index (κ1) is 17.0. The third kappa shape index (κ3) is 3.88. The van der Waals surface area contributed by atoms with Crippen molar-refractivity contribution >= 4 is 49.1 Å². The Morgan fingerprint density at radius 3 is 2.81 bits per heavy atom. The number of nitro groups is 1. The Hall–Kier alpha value is -0.370. The molecule has 1 saturated carbocycles. The molecule has 0 radical (unpaired) electrons. The number of nitrogens with zero attached hydrogens (tertiary/aromatic N) is 1. The number of hydrogen-bond acceptors (Lipinski definition) is 4. The molecule has 0 saturated heterocycles. The topological polar surface area (TPSA) is 61.6 Å². The summed E-state index contributed by atoms with van der Waals surface area (Å²) in [5.41, 5.74) is -0.151. The highest BCUT2D eigenvalue weighted by molar-refractivity contribution is 9.10. The summed E-state index contributed by atoms with van der Waals surface area (Å²) in [5, 5.41) is 11.4. The average molecular weight is 444 g/mol. The van der Waals surface area contributed by atoms with Crippen LogP contribution in [0.4, 0.5) is 5.69 Å². The molecule has 5 nitrogen and oxygen atoms in total. The van der Waals surface area contributed by atoms with Crippen LogP contribution in [0.1, 0.15) is 19.8 Å². The van der Waals surface area contributed by atoms with E-state index in [9.17, 15) is 10.1 Å². The van der Waals surface area contributed by atoms with Gasteiger partial charge in [-0.2, -0.15) is 0 Å². The predicted molar refractivity (Wildman–Crippen MR) is 87.6 cm³/mol. The van der Waals surface area contributed by atoms with Crippen molar-refractivity contribution in [3.05, 3.63) is 31.7 Å². The SMILES string of the molecule is CCCOC1C(Br)CC1Oc1c(Br)cc(Cl)cc1[N+](=O)[O-]. The van der Waals surface area contributed by atoms with Gasteiger partial charge >= 0.3 is 5.69 Å². The molecule has 0 bridgehead atoms. The van der Waals surface area contributed by atoms with E-state index in [2.05, 4.69) is 31.9 Å². The highest BCUT2D eigenvalue weighted by Crippen LogP contribution is 2.42. The largest absolute Gasteiger partial charge is 0.480 e. The van der Waals surface area contributed by atoms with Gasteiger partial charge in [0.2, 0.25) is 5.75 Å². The van der Waals surface area contributed by atoms with E-state index in [1.54, 1.807) is 6.07 Å². The van der Waals surface area contributed by atoms with E-state index in [1.807, 2.05) is 6.92 Å². The number of rotatable bonds is 6. The molecule has 0 N–H and O–H groups in total. The first-order valence-corrected chi connectivity index (χ1v) is 8.58. The van der Waals surface area contributed by atoms with Gasteiger partial charge in [-0.05, 0) is 28.4 Å². The van der Waals surface area contributed by atoms with E-state index in [0.29, 0.717) is 11.1 Å². The van der Waals surface area contributed by atoms with Crippen LogP contribution in [0.2, 0.25) is 5.02 Å². The molecule has 3 unspecified atom stereocenters. The first-order valence-electron chi connectivity index (χ1n) is 6.49. The molecular weight excluding hydrogens is 429 g/mol. The summed E-state index contributed by atoms with van der Waals surface area (Å²) in [6.07, 6.45) is 1.33. The van der Waals surface area contributed by atoms with Crippen molar-refractivity contribution in [2.75, 3.05) is 6.61 Å². The van der Waals surface area contributed by atoms with Crippen LogP contribution >= 0.6 is 43.5 Å². The number of hydrogen-bond donors (Lipinski definition) is 0. The lowest BCUT2D eigenvalue weighted by Crippen LogP contribution is -2.52. The van der Waals surface area contributed by atoms with Gasteiger partial charge in [-0.15, -0.1) is 0 Å². The molecule has 0 heterocycles. The highest BCUT2D eigenvalue weighted by atomic mass is 79.9. The number of halogens is 3. The molecule has 0 aromatic heterocycles. The Labute approximate surface area is 144 Å². The summed E-state index contributed by atoms with van der Waals surface area (Å²) in [5.74, 6) is 0.193. The molecule has 2 rings (SSSR count). The van der Waals surface area contributed by atoms with E-state index in [-0.39, 0.29) is 33.5 Å². The third-order valence-corrected chi connectivity index (χ3v) is 4.85. The van der Waals surface area contributed by atoms with Crippen LogP contribution in [0.5, 0.6) is 5.75 Å². The Balaban J connectivity index is 2.18. The van der Waals surface area contributed by atoms with Crippen molar-refractivity contribution in [3.63, 3.8) is 0 Å².